The summed E-state index contributed by atoms with van der Waals surface area (Å²) in [5.74, 6) is 0. The number of hydrogen-bond donors (Lipinski definition) is 1. The Bertz CT molecular complexity index is 471. The SMILES string of the molecule is CC1CN(Cc2cc(Cl)ccc2[N+](=O)[O-])CC(C)N1. The average Bonchev–Trinajstić information content (AvgIpc) is 2.26. The van der Waals surface area contributed by atoms with Gasteiger partial charge in [-0.15, -0.1) is 0 Å². The summed E-state index contributed by atoms with van der Waals surface area (Å²) in [4.78, 5) is 12.9. The van der Waals surface area contributed by atoms with Crippen LogP contribution in [0.25, 0.3) is 0 Å². The average molecular weight is 284 g/mol. The van der Waals surface area contributed by atoms with E-state index in [9.17, 15) is 10.1 Å². The summed E-state index contributed by atoms with van der Waals surface area (Å²) >= 11 is 5.94. The molecule has 0 amide bonds. The Labute approximate surface area is 117 Å². The van der Waals surface area contributed by atoms with E-state index in [4.69, 9.17) is 11.6 Å². The minimum Gasteiger partial charge on any atom is -0.309 e. The first-order valence-corrected chi connectivity index (χ1v) is 6.74. The quantitative estimate of drug-likeness (QED) is 0.684. The zero-order valence-corrected chi connectivity index (χ0v) is 11.9. The van der Waals surface area contributed by atoms with Crippen molar-refractivity contribution < 1.29 is 4.92 Å². The first-order chi connectivity index (χ1) is 8.95. The summed E-state index contributed by atoms with van der Waals surface area (Å²) in [6.45, 7) is 6.57. The lowest BCUT2D eigenvalue weighted by molar-refractivity contribution is -0.385. The number of piperazine rings is 1. The number of halogens is 1. The molecule has 2 rings (SSSR count). The van der Waals surface area contributed by atoms with Crippen LogP contribution in [-0.4, -0.2) is 35.0 Å². The molecule has 1 aliphatic rings. The molecule has 1 aliphatic heterocycles. The molecule has 0 aromatic heterocycles. The van der Waals surface area contributed by atoms with Crippen LogP contribution in [-0.2, 0) is 6.54 Å². The first kappa shape index (κ1) is 14.2. The lowest BCUT2D eigenvalue weighted by atomic mass is 10.1. The molecule has 19 heavy (non-hydrogen) atoms. The fourth-order valence-corrected chi connectivity index (χ4v) is 2.86. The third-order valence-electron chi connectivity index (χ3n) is 3.27. The van der Waals surface area contributed by atoms with Gasteiger partial charge in [0.2, 0.25) is 0 Å². The van der Waals surface area contributed by atoms with Crippen LogP contribution >= 0.6 is 11.6 Å². The minimum absolute atomic E-state index is 0.142. The summed E-state index contributed by atoms with van der Waals surface area (Å²) in [6, 6.07) is 5.51. The van der Waals surface area contributed by atoms with E-state index in [2.05, 4.69) is 24.1 Å². The summed E-state index contributed by atoms with van der Waals surface area (Å²) in [6.07, 6.45) is 0. The molecule has 5 nitrogen and oxygen atoms in total. The molecule has 1 saturated heterocycles. The Morgan fingerprint density at radius 2 is 2.05 bits per heavy atom. The van der Waals surface area contributed by atoms with Crippen molar-refractivity contribution in [2.45, 2.75) is 32.5 Å². The highest BCUT2D eigenvalue weighted by Crippen LogP contribution is 2.24. The van der Waals surface area contributed by atoms with Gasteiger partial charge in [-0.25, -0.2) is 0 Å². The van der Waals surface area contributed by atoms with Gasteiger partial charge in [0.05, 0.1) is 4.92 Å². The molecule has 1 heterocycles. The van der Waals surface area contributed by atoms with Crippen LogP contribution in [0.4, 0.5) is 5.69 Å². The van der Waals surface area contributed by atoms with E-state index >= 15 is 0 Å². The van der Waals surface area contributed by atoms with E-state index in [-0.39, 0.29) is 10.6 Å². The normalized spacial score (nSPS) is 24.4. The minimum atomic E-state index is -0.347. The van der Waals surface area contributed by atoms with Crippen molar-refractivity contribution in [2.75, 3.05) is 13.1 Å². The fraction of sp³-hybridized carbons (Fsp3) is 0.538. The molecule has 6 heteroatoms. The van der Waals surface area contributed by atoms with Gasteiger partial charge in [0.1, 0.15) is 0 Å². The van der Waals surface area contributed by atoms with Crippen molar-refractivity contribution in [3.8, 4) is 0 Å². The molecular formula is C13H18ClN3O2. The number of nitrogens with one attached hydrogen (secondary N) is 1. The molecule has 0 radical (unpaired) electrons. The highest BCUT2D eigenvalue weighted by Gasteiger charge is 2.23. The summed E-state index contributed by atoms with van der Waals surface area (Å²) in [5.41, 5.74) is 0.821. The van der Waals surface area contributed by atoms with Gasteiger partial charge >= 0.3 is 0 Å². The first-order valence-electron chi connectivity index (χ1n) is 6.37. The lowest BCUT2D eigenvalue weighted by Gasteiger charge is -2.36. The molecule has 0 aliphatic carbocycles. The number of rotatable bonds is 3. The molecule has 104 valence electrons. The standard InChI is InChI=1S/C13H18ClN3O2/c1-9-6-16(7-10(2)15-9)8-11-5-12(14)3-4-13(11)17(18)19/h3-5,9-10,15H,6-8H2,1-2H3. The third kappa shape index (κ3) is 3.65. The Morgan fingerprint density at radius 1 is 1.42 bits per heavy atom. The van der Waals surface area contributed by atoms with E-state index < -0.39 is 0 Å². The van der Waals surface area contributed by atoms with Crippen LogP contribution in [0.3, 0.4) is 0 Å². The Balaban J connectivity index is 2.18. The van der Waals surface area contributed by atoms with Crippen LogP contribution in [0.15, 0.2) is 18.2 Å². The molecular weight excluding hydrogens is 266 g/mol. The van der Waals surface area contributed by atoms with E-state index in [0.717, 1.165) is 13.1 Å². The maximum atomic E-state index is 11.0. The predicted octanol–water partition coefficient (Wildman–Crippen LogP) is 2.43. The largest absolute Gasteiger partial charge is 0.309 e. The maximum absolute atomic E-state index is 11.0. The molecule has 1 aromatic rings. The molecule has 2 atom stereocenters. The zero-order chi connectivity index (χ0) is 14.0. The second-order valence-corrected chi connectivity index (χ2v) is 5.63. The van der Waals surface area contributed by atoms with Crippen molar-refractivity contribution in [2.24, 2.45) is 0 Å². The number of hydrogen-bond acceptors (Lipinski definition) is 4. The van der Waals surface area contributed by atoms with Crippen LogP contribution in [0.5, 0.6) is 0 Å². The van der Waals surface area contributed by atoms with Gasteiger partial charge in [-0.05, 0) is 26.0 Å². The van der Waals surface area contributed by atoms with E-state index in [0.29, 0.717) is 29.2 Å². The molecule has 2 unspecified atom stereocenters. The van der Waals surface area contributed by atoms with Crippen LogP contribution in [0, 0.1) is 10.1 Å². The van der Waals surface area contributed by atoms with Gasteiger partial charge in [0, 0.05) is 48.4 Å². The predicted molar refractivity (Wildman–Crippen MR) is 75.4 cm³/mol. The van der Waals surface area contributed by atoms with Gasteiger partial charge in [-0.2, -0.15) is 0 Å². The molecule has 0 saturated carbocycles. The Morgan fingerprint density at radius 3 is 2.63 bits per heavy atom. The van der Waals surface area contributed by atoms with E-state index in [1.807, 2.05) is 0 Å². The third-order valence-corrected chi connectivity index (χ3v) is 3.50. The molecule has 0 bridgehead atoms. The second-order valence-electron chi connectivity index (χ2n) is 5.19. The number of nitro groups is 1. The van der Waals surface area contributed by atoms with Crippen molar-refractivity contribution in [3.05, 3.63) is 38.9 Å². The number of nitrogens with zero attached hydrogens (tertiary/aromatic N) is 2. The number of nitro benzene ring substituents is 1. The fourth-order valence-electron chi connectivity index (χ4n) is 2.67. The summed E-state index contributed by atoms with van der Waals surface area (Å²) in [5, 5.41) is 15.0. The summed E-state index contributed by atoms with van der Waals surface area (Å²) in [7, 11) is 0. The molecule has 1 N–H and O–H groups in total. The smallest absolute Gasteiger partial charge is 0.273 e. The Hall–Kier alpha value is -1.17. The summed E-state index contributed by atoms with van der Waals surface area (Å²) < 4.78 is 0. The van der Waals surface area contributed by atoms with Gasteiger partial charge < -0.3 is 5.32 Å². The Kier molecular flexibility index (Phi) is 4.39. The maximum Gasteiger partial charge on any atom is 0.273 e. The zero-order valence-electron chi connectivity index (χ0n) is 11.1. The van der Waals surface area contributed by atoms with Crippen LogP contribution < -0.4 is 5.32 Å². The molecule has 0 spiro atoms. The van der Waals surface area contributed by atoms with Crippen molar-refractivity contribution in [3.63, 3.8) is 0 Å². The topological polar surface area (TPSA) is 58.4 Å². The van der Waals surface area contributed by atoms with Gasteiger partial charge in [-0.3, -0.25) is 15.0 Å². The van der Waals surface area contributed by atoms with Gasteiger partial charge in [-0.1, -0.05) is 11.6 Å². The van der Waals surface area contributed by atoms with Crippen LogP contribution in [0.2, 0.25) is 5.02 Å². The van der Waals surface area contributed by atoms with Crippen molar-refractivity contribution in [1.82, 2.24) is 10.2 Å². The van der Waals surface area contributed by atoms with Gasteiger partial charge in [0.25, 0.3) is 5.69 Å². The van der Waals surface area contributed by atoms with Crippen molar-refractivity contribution in [1.29, 1.82) is 0 Å². The second kappa shape index (κ2) is 5.86. The van der Waals surface area contributed by atoms with Crippen molar-refractivity contribution >= 4 is 17.3 Å². The lowest BCUT2D eigenvalue weighted by Crippen LogP contribution is -2.53. The molecule has 1 fully saturated rings. The van der Waals surface area contributed by atoms with E-state index in [1.165, 1.54) is 6.07 Å². The highest BCUT2D eigenvalue weighted by atomic mass is 35.5. The van der Waals surface area contributed by atoms with Gasteiger partial charge in [0.15, 0.2) is 0 Å². The monoisotopic (exact) mass is 283 g/mol. The van der Waals surface area contributed by atoms with E-state index in [1.54, 1.807) is 12.1 Å². The van der Waals surface area contributed by atoms with Crippen LogP contribution in [0.1, 0.15) is 19.4 Å². The highest BCUT2D eigenvalue weighted by molar-refractivity contribution is 6.30. The number of benzene rings is 1. The molecule has 1 aromatic carbocycles.